The van der Waals surface area contributed by atoms with Crippen molar-refractivity contribution in [2.75, 3.05) is 31.5 Å². The van der Waals surface area contributed by atoms with Gasteiger partial charge in [0.15, 0.2) is 0 Å². The van der Waals surface area contributed by atoms with Crippen molar-refractivity contribution in [2.24, 2.45) is 0 Å². The van der Waals surface area contributed by atoms with E-state index in [9.17, 15) is 10.1 Å². The number of amides is 1. The van der Waals surface area contributed by atoms with Crippen LogP contribution in [0.15, 0.2) is 60.3 Å². The number of benzene rings is 2. The monoisotopic (exact) mass is 402 g/mol. The summed E-state index contributed by atoms with van der Waals surface area (Å²) in [5.74, 6) is -0.334. The average molecular weight is 403 g/mol. The van der Waals surface area contributed by atoms with Crippen molar-refractivity contribution in [3.05, 3.63) is 77.0 Å². The molecule has 2 aromatic rings. The fourth-order valence-electron chi connectivity index (χ4n) is 3.80. The van der Waals surface area contributed by atoms with E-state index < -0.39 is 0 Å². The lowest BCUT2D eigenvalue weighted by Gasteiger charge is -2.34. The van der Waals surface area contributed by atoms with Crippen LogP contribution in [-0.2, 0) is 24.2 Å². The molecule has 5 nitrogen and oxygen atoms in total. The number of hydrogen-bond donors (Lipinski definition) is 1. The highest BCUT2D eigenvalue weighted by molar-refractivity contribution is 6.07. The van der Waals surface area contributed by atoms with Gasteiger partial charge in [-0.25, -0.2) is 0 Å². The fraction of sp³-hybridized carbons (Fsp3) is 0.360. The van der Waals surface area contributed by atoms with E-state index in [1.54, 1.807) is 6.20 Å². The zero-order chi connectivity index (χ0) is 21.3. The number of nitrogens with one attached hydrogen (secondary N) is 1. The van der Waals surface area contributed by atoms with Gasteiger partial charge in [-0.15, -0.1) is 0 Å². The molecule has 5 heteroatoms. The van der Waals surface area contributed by atoms with Gasteiger partial charge in [0.25, 0.3) is 5.91 Å². The quantitative estimate of drug-likeness (QED) is 0.562. The Morgan fingerprint density at radius 3 is 2.20 bits per heavy atom. The third-order valence-corrected chi connectivity index (χ3v) is 5.57. The predicted molar refractivity (Wildman–Crippen MR) is 121 cm³/mol. The Hall–Kier alpha value is -3.10. The van der Waals surface area contributed by atoms with E-state index in [0.717, 1.165) is 62.4 Å². The first-order valence-electron chi connectivity index (χ1n) is 10.7. The Balaban J connectivity index is 1.62. The molecule has 30 heavy (non-hydrogen) atoms. The Morgan fingerprint density at radius 1 is 1.00 bits per heavy atom. The van der Waals surface area contributed by atoms with Crippen molar-refractivity contribution < 1.29 is 4.79 Å². The lowest BCUT2D eigenvalue weighted by atomic mass is 10.0. The molecule has 0 aromatic heterocycles. The second-order valence-corrected chi connectivity index (χ2v) is 7.56. The van der Waals surface area contributed by atoms with E-state index in [2.05, 4.69) is 59.3 Å². The summed E-state index contributed by atoms with van der Waals surface area (Å²) in [7, 11) is 0. The van der Waals surface area contributed by atoms with Crippen LogP contribution >= 0.6 is 0 Å². The third kappa shape index (κ3) is 5.49. The minimum absolute atomic E-state index is 0.152. The SMILES string of the molecule is CCc1cccc(CC)c1NC(=O)/C(C#N)=C\N1CCN(Cc2ccccc2)CC1. The minimum Gasteiger partial charge on any atom is -0.374 e. The molecular weight excluding hydrogens is 372 g/mol. The standard InChI is InChI=1S/C25H30N4O/c1-3-21-11-8-12-22(4-2)24(21)27-25(30)23(17-26)19-29-15-13-28(14-16-29)18-20-9-6-5-7-10-20/h5-12,19H,3-4,13-16,18H2,1-2H3,(H,27,30)/b23-19-. The summed E-state index contributed by atoms with van der Waals surface area (Å²) in [5, 5.41) is 12.6. The number of para-hydroxylation sites is 1. The summed E-state index contributed by atoms with van der Waals surface area (Å²) in [6.07, 6.45) is 3.38. The first kappa shape index (κ1) is 21.6. The van der Waals surface area contributed by atoms with Gasteiger partial charge in [-0.2, -0.15) is 5.26 Å². The predicted octanol–water partition coefficient (Wildman–Crippen LogP) is 3.98. The fourth-order valence-corrected chi connectivity index (χ4v) is 3.80. The van der Waals surface area contributed by atoms with E-state index in [0.29, 0.717) is 0 Å². The molecule has 1 saturated heterocycles. The molecule has 1 heterocycles. The van der Waals surface area contributed by atoms with Crippen molar-refractivity contribution in [1.29, 1.82) is 5.26 Å². The molecule has 3 rings (SSSR count). The van der Waals surface area contributed by atoms with Crippen LogP contribution in [0, 0.1) is 11.3 Å². The van der Waals surface area contributed by atoms with Crippen molar-refractivity contribution in [1.82, 2.24) is 9.80 Å². The molecule has 0 saturated carbocycles. The number of carbonyl (C=O) groups excluding carboxylic acids is 1. The second-order valence-electron chi connectivity index (χ2n) is 7.56. The number of rotatable bonds is 7. The molecule has 0 radical (unpaired) electrons. The maximum atomic E-state index is 12.8. The summed E-state index contributed by atoms with van der Waals surface area (Å²) in [6, 6.07) is 18.6. The van der Waals surface area contributed by atoms with Crippen LogP contribution in [0.2, 0.25) is 0 Å². The largest absolute Gasteiger partial charge is 0.374 e. The van der Waals surface area contributed by atoms with Crippen LogP contribution in [0.25, 0.3) is 0 Å². The Labute approximate surface area is 179 Å². The van der Waals surface area contributed by atoms with E-state index >= 15 is 0 Å². The van der Waals surface area contributed by atoms with Crippen LogP contribution in [0.4, 0.5) is 5.69 Å². The van der Waals surface area contributed by atoms with E-state index in [-0.39, 0.29) is 11.5 Å². The zero-order valence-electron chi connectivity index (χ0n) is 17.9. The smallest absolute Gasteiger partial charge is 0.267 e. The van der Waals surface area contributed by atoms with Crippen LogP contribution in [-0.4, -0.2) is 41.9 Å². The number of anilines is 1. The lowest BCUT2D eigenvalue weighted by molar-refractivity contribution is -0.112. The molecule has 1 amide bonds. The summed E-state index contributed by atoms with van der Waals surface area (Å²) in [4.78, 5) is 17.3. The molecule has 0 unspecified atom stereocenters. The normalized spacial score (nSPS) is 15.0. The molecule has 1 fully saturated rings. The highest BCUT2D eigenvalue weighted by Crippen LogP contribution is 2.23. The molecule has 2 aromatic carbocycles. The Kier molecular flexibility index (Phi) is 7.64. The van der Waals surface area contributed by atoms with E-state index in [1.165, 1.54) is 5.56 Å². The molecule has 0 aliphatic carbocycles. The molecule has 0 spiro atoms. The maximum Gasteiger partial charge on any atom is 0.267 e. The van der Waals surface area contributed by atoms with Crippen molar-refractivity contribution in [3.8, 4) is 6.07 Å². The van der Waals surface area contributed by atoms with Gasteiger partial charge in [0, 0.05) is 44.6 Å². The molecule has 1 aliphatic heterocycles. The number of carbonyl (C=O) groups is 1. The topological polar surface area (TPSA) is 59.4 Å². The van der Waals surface area contributed by atoms with E-state index in [4.69, 9.17) is 0 Å². The van der Waals surface area contributed by atoms with Crippen LogP contribution in [0.5, 0.6) is 0 Å². The lowest BCUT2D eigenvalue weighted by Crippen LogP contribution is -2.43. The highest BCUT2D eigenvalue weighted by atomic mass is 16.1. The molecule has 0 bridgehead atoms. The summed E-state index contributed by atoms with van der Waals surface area (Å²) in [5.41, 5.74) is 4.49. The van der Waals surface area contributed by atoms with E-state index in [1.807, 2.05) is 24.3 Å². The van der Waals surface area contributed by atoms with Crippen LogP contribution in [0.3, 0.4) is 0 Å². The molecule has 1 N–H and O–H groups in total. The van der Waals surface area contributed by atoms with Gasteiger partial charge < -0.3 is 10.2 Å². The average Bonchev–Trinajstić information content (AvgIpc) is 2.79. The number of nitrogens with zero attached hydrogens (tertiary/aromatic N) is 3. The number of aryl methyl sites for hydroxylation is 2. The van der Waals surface area contributed by atoms with Gasteiger partial charge in [0.05, 0.1) is 0 Å². The third-order valence-electron chi connectivity index (χ3n) is 5.57. The van der Waals surface area contributed by atoms with Gasteiger partial charge in [-0.3, -0.25) is 9.69 Å². The minimum atomic E-state index is -0.334. The first-order chi connectivity index (χ1) is 14.6. The van der Waals surface area contributed by atoms with Gasteiger partial charge in [0.2, 0.25) is 0 Å². The van der Waals surface area contributed by atoms with Crippen molar-refractivity contribution in [3.63, 3.8) is 0 Å². The summed E-state index contributed by atoms with van der Waals surface area (Å²) >= 11 is 0. The number of hydrogen-bond acceptors (Lipinski definition) is 4. The molecular formula is C25H30N4O. The molecule has 1 aliphatic rings. The van der Waals surface area contributed by atoms with Crippen LogP contribution < -0.4 is 5.32 Å². The Bertz CT molecular complexity index is 900. The first-order valence-corrected chi connectivity index (χ1v) is 10.7. The van der Waals surface area contributed by atoms with Crippen molar-refractivity contribution >= 4 is 11.6 Å². The summed E-state index contributed by atoms with van der Waals surface area (Å²) < 4.78 is 0. The maximum absolute atomic E-state index is 12.8. The number of nitriles is 1. The Morgan fingerprint density at radius 2 is 1.63 bits per heavy atom. The molecule has 156 valence electrons. The van der Waals surface area contributed by atoms with Crippen molar-refractivity contribution in [2.45, 2.75) is 33.2 Å². The molecule has 0 atom stereocenters. The van der Waals surface area contributed by atoms with Gasteiger partial charge >= 0.3 is 0 Å². The van der Waals surface area contributed by atoms with Crippen LogP contribution in [0.1, 0.15) is 30.5 Å². The van der Waals surface area contributed by atoms with Gasteiger partial charge in [-0.1, -0.05) is 62.4 Å². The zero-order valence-corrected chi connectivity index (χ0v) is 17.9. The van der Waals surface area contributed by atoms with Gasteiger partial charge in [-0.05, 0) is 29.5 Å². The van der Waals surface area contributed by atoms with Gasteiger partial charge in [0.1, 0.15) is 11.6 Å². The number of piperazine rings is 1. The summed E-state index contributed by atoms with van der Waals surface area (Å²) in [6.45, 7) is 8.49. The highest BCUT2D eigenvalue weighted by Gasteiger charge is 2.18. The second kappa shape index (κ2) is 10.6.